The number of hydrogen-bond donors (Lipinski definition) is 2. The van der Waals surface area contributed by atoms with Gasteiger partial charge in [-0.3, -0.25) is 0 Å². The van der Waals surface area contributed by atoms with Gasteiger partial charge in [-0.1, -0.05) is 11.6 Å². The average Bonchev–Trinajstić information content (AvgIpc) is 2.30. The summed E-state index contributed by atoms with van der Waals surface area (Å²) in [6, 6.07) is 2.50. The summed E-state index contributed by atoms with van der Waals surface area (Å²) in [5.41, 5.74) is 0. The lowest BCUT2D eigenvalue weighted by Gasteiger charge is -2.14. The Hall–Kier alpha value is -0.830. The average molecular weight is 304 g/mol. The van der Waals surface area contributed by atoms with Crippen molar-refractivity contribution in [2.24, 2.45) is 0 Å². The molecule has 102 valence electrons. The minimum Gasteiger partial charge on any atom is -0.390 e. The Balaban J connectivity index is 2.90. The third kappa shape index (κ3) is 3.84. The third-order valence-corrected chi connectivity index (χ3v) is 3.64. The van der Waals surface area contributed by atoms with Crippen molar-refractivity contribution in [3.8, 4) is 0 Å². The molecule has 1 rings (SSSR count). The van der Waals surface area contributed by atoms with Crippen molar-refractivity contribution in [1.82, 2.24) is 4.72 Å². The lowest BCUT2D eigenvalue weighted by Crippen LogP contribution is -2.38. The van der Waals surface area contributed by atoms with Crippen molar-refractivity contribution in [3.05, 3.63) is 29.0 Å². The molecule has 18 heavy (non-hydrogen) atoms. The highest BCUT2D eigenvalue weighted by Crippen LogP contribution is 2.20. The molecule has 0 aliphatic carbocycles. The molecule has 0 saturated carbocycles. The first kappa shape index (κ1) is 15.2. The van der Waals surface area contributed by atoms with Gasteiger partial charge in [-0.2, -0.15) is 0 Å². The Bertz CT molecular complexity index is 536. The summed E-state index contributed by atoms with van der Waals surface area (Å²) in [7, 11) is -4.24. The molecule has 0 unspecified atom stereocenters. The summed E-state index contributed by atoms with van der Waals surface area (Å²) in [5, 5.41) is 7.85. The van der Waals surface area contributed by atoms with Crippen LogP contribution in [0, 0.1) is 5.82 Å². The highest BCUT2D eigenvalue weighted by Gasteiger charge is 2.30. The fourth-order valence-electron chi connectivity index (χ4n) is 0.984. The van der Waals surface area contributed by atoms with Crippen LogP contribution in [-0.4, -0.2) is 32.6 Å². The van der Waals surface area contributed by atoms with Crippen LogP contribution in [0.15, 0.2) is 23.1 Å². The molecule has 0 aliphatic heterocycles. The van der Waals surface area contributed by atoms with Gasteiger partial charge >= 0.3 is 0 Å². The van der Waals surface area contributed by atoms with E-state index in [1.165, 1.54) is 0 Å². The number of sulfonamides is 1. The molecule has 0 heterocycles. The van der Waals surface area contributed by atoms with Crippen LogP contribution in [0.2, 0.25) is 5.02 Å². The van der Waals surface area contributed by atoms with Gasteiger partial charge in [-0.15, -0.1) is 0 Å². The molecular weight excluding hydrogens is 295 g/mol. The second-order valence-electron chi connectivity index (χ2n) is 3.41. The van der Waals surface area contributed by atoms with Crippen molar-refractivity contribution in [3.63, 3.8) is 0 Å². The number of alkyl halides is 2. The number of benzene rings is 1. The van der Waals surface area contributed by atoms with Crippen LogP contribution in [0.25, 0.3) is 0 Å². The molecule has 0 aromatic heterocycles. The fourth-order valence-corrected chi connectivity index (χ4v) is 2.32. The Morgan fingerprint density at radius 2 is 2.00 bits per heavy atom. The molecule has 0 atom stereocenters. The van der Waals surface area contributed by atoms with Crippen molar-refractivity contribution in [2.45, 2.75) is 10.8 Å². The normalized spacial score (nSPS) is 12.7. The first-order valence-electron chi connectivity index (χ1n) is 4.61. The molecule has 0 spiro atoms. The molecule has 0 amide bonds. The van der Waals surface area contributed by atoms with Gasteiger partial charge in [-0.25, -0.2) is 26.3 Å². The first-order chi connectivity index (χ1) is 8.18. The monoisotopic (exact) mass is 303 g/mol. The van der Waals surface area contributed by atoms with Crippen LogP contribution in [0.5, 0.6) is 0 Å². The standard InChI is InChI=1S/C9H9ClF3NO3S/c10-7-3-6(1-2-8(7)11)18(16,17)14-4-9(12,13)5-15/h1-3,14-15H,4-5H2. The topological polar surface area (TPSA) is 66.4 Å². The minimum atomic E-state index is -4.24. The van der Waals surface area contributed by atoms with Gasteiger partial charge in [-0.05, 0) is 18.2 Å². The number of nitrogens with one attached hydrogen (secondary N) is 1. The summed E-state index contributed by atoms with van der Waals surface area (Å²) in [6.45, 7) is -2.75. The molecule has 4 nitrogen and oxygen atoms in total. The first-order valence-corrected chi connectivity index (χ1v) is 6.47. The summed E-state index contributed by atoms with van der Waals surface area (Å²) >= 11 is 5.38. The van der Waals surface area contributed by atoms with Gasteiger partial charge in [0.15, 0.2) is 0 Å². The molecule has 0 aliphatic rings. The highest BCUT2D eigenvalue weighted by molar-refractivity contribution is 7.89. The van der Waals surface area contributed by atoms with Crippen LogP contribution in [-0.2, 0) is 10.0 Å². The maximum absolute atomic E-state index is 12.8. The van der Waals surface area contributed by atoms with E-state index in [2.05, 4.69) is 0 Å². The van der Waals surface area contributed by atoms with Gasteiger partial charge in [0.25, 0.3) is 5.92 Å². The van der Waals surface area contributed by atoms with E-state index in [4.69, 9.17) is 16.7 Å². The molecule has 2 N–H and O–H groups in total. The Morgan fingerprint density at radius 3 is 2.50 bits per heavy atom. The van der Waals surface area contributed by atoms with Gasteiger partial charge in [0.05, 0.1) is 16.5 Å². The van der Waals surface area contributed by atoms with E-state index < -0.39 is 44.8 Å². The number of hydrogen-bond acceptors (Lipinski definition) is 3. The summed E-state index contributed by atoms with van der Waals surface area (Å²) in [6.07, 6.45) is 0. The molecule has 9 heteroatoms. The zero-order valence-corrected chi connectivity index (χ0v) is 10.4. The molecule has 0 bridgehead atoms. The molecule has 0 radical (unpaired) electrons. The van der Waals surface area contributed by atoms with Crippen LogP contribution < -0.4 is 4.72 Å². The highest BCUT2D eigenvalue weighted by atomic mass is 35.5. The molecular formula is C9H9ClF3NO3S. The largest absolute Gasteiger partial charge is 0.390 e. The predicted molar refractivity (Wildman–Crippen MR) is 58.6 cm³/mol. The predicted octanol–water partition coefficient (Wildman–Crippen LogP) is 1.39. The third-order valence-electron chi connectivity index (χ3n) is 1.95. The number of rotatable bonds is 5. The van der Waals surface area contributed by atoms with E-state index in [0.717, 1.165) is 18.2 Å². The van der Waals surface area contributed by atoms with E-state index in [1.54, 1.807) is 4.72 Å². The van der Waals surface area contributed by atoms with Gasteiger partial charge in [0.2, 0.25) is 10.0 Å². The SMILES string of the molecule is O=S(=O)(NCC(F)(F)CO)c1ccc(F)c(Cl)c1. The zero-order chi connectivity index (χ0) is 14.0. The maximum Gasteiger partial charge on any atom is 0.283 e. The Labute approximate surface area is 106 Å². The van der Waals surface area contributed by atoms with Gasteiger partial charge in [0, 0.05) is 0 Å². The van der Waals surface area contributed by atoms with Crippen LogP contribution in [0.1, 0.15) is 0 Å². The lowest BCUT2D eigenvalue weighted by molar-refractivity contribution is -0.0437. The van der Waals surface area contributed by atoms with Crippen molar-refractivity contribution in [1.29, 1.82) is 0 Å². The van der Waals surface area contributed by atoms with E-state index in [9.17, 15) is 21.6 Å². The van der Waals surface area contributed by atoms with E-state index in [1.807, 2.05) is 0 Å². The smallest absolute Gasteiger partial charge is 0.283 e. The zero-order valence-electron chi connectivity index (χ0n) is 8.83. The summed E-state index contributed by atoms with van der Waals surface area (Å²) in [4.78, 5) is -0.442. The van der Waals surface area contributed by atoms with E-state index in [-0.39, 0.29) is 0 Å². The van der Waals surface area contributed by atoms with Gasteiger partial charge < -0.3 is 5.11 Å². The maximum atomic E-state index is 12.8. The van der Waals surface area contributed by atoms with Gasteiger partial charge in [0.1, 0.15) is 12.4 Å². The summed E-state index contributed by atoms with van der Waals surface area (Å²) in [5.74, 6) is -4.40. The van der Waals surface area contributed by atoms with Crippen LogP contribution in [0.3, 0.4) is 0 Å². The second kappa shape index (κ2) is 5.43. The number of aliphatic hydroxyl groups excluding tert-OH is 1. The molecule has 1 aromatic carbocycles. The van der Waals surface area contributed by atoms with Crippen LogP contribution in [0.4, 0.5) is 13.2 Å². The fraction of sp³-hybridized carbons (Fsp3) is 0.333. The molecule has 0 saturated heterocycles. The number of aliphatic hydroxyl groups is 1. The quantitative estimate of drug-likeness (QED) is 0.864. The number of halogens is 4. The Kier molecular flexibility index (Phi) is 4.60. The molecule has 0 fully saturated rings. The lowest BCUT2D eigenvalue weighted by atomic mass is 10.3. The second-order valence-corrected chi connectivity index (χ2v) is 5.59. The van der Waals surface area contributed by atoms with Crippen molar-refractivity contribution in [2.75, 3.05) is 13.2 Å². The minimum absolute atomic E-state index is 0.438. The molecule has 1 aromatic rings. The van der Waals surface area contributed by atoms with Crippen molar-refractivity contribution < 1.29 is 26.7 Å². The Morgan fingerprint density at radius 1 is 1.39 bits per heavy atom. The van der Waals surface area contributed by atoms with E-state index in [0.29, 0.717) is 0 Å². The van der Waals surface area contributed by atoms with E-state index >= 15 is 0 Å². The summed E-state index contributed by atoms with van der Waals surface area (Å²) < 4.78 is 62.9. The van der Waals surface area contributed by atoms with Crippen LogP contribution >= 0.6 is 11.6 Å². The van der Waals surface area contributed by atoms with Crippen molar-refractivity contribution >= 4 is 21.6 Å².